The van der Waals surface area contributed by atoms with E-state index in [9.17, 15) is 9.00 Å². The van der Waals surface area contributed by atoms with Gasteiger partial charge >= 0.3 is 17.3 Å². The van der Waals surface area contributed by atoms with E-state index in [1.807, 2.05) is 0 Å². The molecule has 0 saturated heterocycles. The average molecular weight is 250 g/mol. The van der Waals surface area contributed by atoms with Crippen molar-refractivity contribution in [2.75, 3.05) is 0 Å². The molecule has 0 aromatic carbocycles. The van der Waals surface area contributed by atoms with Crippen LogP contribution < -0.4 is 0 Å². The van der Waals surface area contributed by atoms with Gasteiger partial charge in [-0.15, -0.1) is 0 Å². The minimum Gasteiger partial charge on any atom is -0.343 e. The molecule has 0 rings (SSSR count). The molecule has 1 N–H and O–H groups in total. The Morgan fingerprint density at radius 2 is 1.56 bits per heavy atom. The third kappa shape index (κ3) is 11.7. The molecule has 0 amide bonds. The zero-order chi connectivity index (χ0) is 12.2. The highest BCUT2D eigenvalue weighted by molar-refractivity contribution is 7.74. The monoisotopic (exact) mass is 250 g/mol. The van der Waals surface area contributed by atoms with Crippen LogP contribution in [0.3, 0.4) is 0 Å². The molecule has 0 heterocycles. The van der Waals surface area contributed by atoms with Crippen molar-refractivity contribution in [1.29, 1.82) is 0 Å². The maximum absolute atomic E-state index is 10.9. The van der Waals surface area contributed by atoms with E-state index in [2.05, 4.69) is 11.1 Å². The molecule has 0 fully saturated rings. The van der Waals surface area contributed by atoms with Crippen LogP contribution in [0.4, 0.5) is 0 Å². The summed E-state index contributed by atoms with van der Waals surface area (Å²) < 4.78 is 22.5. The first-order valence-corrected chi connectivity index (χ1v) is 7.02. The molecular weight excluding hydrogens is 228 g/mol. The van der Waals surface area contributed by atoms with E-state index in [1.54, 1.807) is 0 Å². The number of rotatable bonds is 10. The zero-order valence-corrected chi connectivity index (χ0v) is 10.8. The molecule has 0 aromatic heterocycles. The lowest BCUT2D eigenvalue weighted by molar-refractivity contribution is -0.134. The Hall–Kier alpha value is -0.420. The molecule has 0 aliphatic carbocycles. The molecule has 1 unspecified atom stereocenters. The summed E-state index contributed by atoms with van der Waals surface area (Å²) in [4.78, 5) is 10.9. The molecule has 0 bridgehead atoms. The van der Waals surface area contributed by atoms with Gasteiger partial charge in [-0.2, -0.15) is 4.21 Å². The van der Waals surface area contributed by atoms with Crippen LogP contribution in [0, 0.1) is 0 Å². The standard InChI is InChI=1S/C11H22O4S/c1-2-3-4-5-6-7-8-9-10-11(12)15-16(13)14/h2-10H2,1H3,(H,13,14). The Labute approximate surface area is 100 Å². The summed E-state index contributed by atoms with van der Waals surface area (Å²) in [5, 5.41) is 0. The summed E-state index contributed by atoms with van der Waals surface area (Å²) in [5.41, 5.74) is 0. The van der Waals surface area contributed by atoms with Crippen LogP contribution in [0.1, 0.15) is 64.7 Å². The van der Waals surface area contributed by atoms with E-state index < -0.39 is 17.3 Å². The first-order chi connectivity index (χ1) is 7.66. The van der Waals surface area contributed by atoms with Crippen LogP contribution in [0.2, 0.25) is 0 Å². The lowest BCUT2D eigenvalue weighted by Crippen LogP contribution is -2.05. The summed E-state index contributed by atoms with van der Waals surface area (Å²) in [6, 6.07) is 0. The van der Waals surface area contributed by atoms with Crippen LogP contribution >= 0.6 is 0 Å². The molecule has 0 aromatic rings. The Kier molecular flexibility index (Phi) is 10.8. The molecule has 4 nitrogen and oxygen atoms in total. The Balaban J connectivity index is 3.14. The molecule has 0 aliphatic rings. The maximum atomic E-state index is 10.9. The van der Waals surface area contributed by atoms with Gasteiger partial charge in [-0.05, 0) is 6.42 Å². The molecule has 0 aliphatic heterocycles. The van der Waals surface area contributed by atoms with Gasteiger partial charge in [0.05, 0.1) is 0 Å². The van der Waals surface area contributed by atoms with Crippen molar-refractivity contribution in [3.63, 3.8) is 0 Å². The average Bonchev–Trinajstić information content (AvgIpc) is 2.21. The molecule has 0 saturated carbocycles. The summed E-state index contributed by atoms with van der Waals surface area (Å²) >= 11 is -2.46. The van der Waals surface area contributed by atoms with Crippen molar-refractivity contribution in [1.82, 2.24) is 0 Å². The van der Waals surface area contributed by atoms with E-state index in [0.29, 0.717) is 0 Å². The van der Waals surface area contributed by atoms with Crippen LogP contribution in [0.25, 0.3) is 0 Å². The normalized spacial score (nSPS) is 12.4. The minimum atomic E-state index is -2.46. The largest absolute Gasteiger partial charge is 0.360 e. The highest BCUT2D eigenvalue weighted by Crippen LogP contribution is 2.09. The van der Waals surface area contributed by atoms with E-state index >= 15 is 0 Å². The van der Waals surface area contributed by atoms with Gasteiger partial charge in [0.2, 0.25) is 0 Å². The number of unbranched alkanes of at least 4 members (excludes halogenated alkanes) is 7. The van der Waals surface area contributed by atoms with Gasteiger partial charge in [0.1, 0.15) is 0 Å². The van der Waals surface area contributed by atoms with E-state index in [4.69, 9.17) is 4.55 Å². The topological polar surface area (TPSA) is 63.6 Å². The van der Waals surface area contributed by atoms with Crippen LogP contribution in [0.15, 0.2) is 0 Å². The first-order valence-electron chi connectivity index (χ1n) is 5.98. The summed E-state index contributed by atoms with van der Waals surface area (Å²) in [5.74, 6) is -0.591. The van der Waals surface area contributed by atoms with Gasteiger partial charge in [0.25, 0.3) is 0 Å². The highest BCUT2D eigenvalue weighted by atomic mass is 32.2. The molecule has 1 atom stereocenters. The van der Waals surface area contributed by atoms with Crippen molar-refractivity contribution < 1.29 is 17.7 Å². The van der Waals surface area contributed by atoms with Crippen molar-refractivity contribution in [3.8, 4) is 0 Å². The summed E-state index contributed by atoms with van der Waals surface area (Å²) in [7, 11) is 0. The second kappa shape index (κ2) is 11.1. The first kappa shape index (κ1) is 15.6. The fraction of sp³-hybridized carbons (Fsp3) is 0.909. The maximum Gasteiger partial charge on any atom is 0.360 e. The summed E-state index contributed by atoms with van der Waals surface area (Å²) in [6.45, 7) is 2.19. The quantitative estimate of drug-likeness (QED) is 0.477. The van der Waals surface area contributed by atoms with Crippen molar-refractivity contribution >= 4 is 17.3 Å². The van der Waals surface area contributed by atoms with Gasteiger partial charge in [0, 0.05) is 6.42 Å². The fourth-order valence-corrected chi connectivity index (χ4v) is 1.77. The lowest BCUT2D eigenvalue weighted by atomic mass is 10.1. The number of carbonyl (C=O) groups excluding carboxylic acids is 1. The fourth-order valence-electron chi connectivity index (χ4n) is 1.52. The summed E-state index contributed by atoms with van der Waals surface area (Å²) in [6.07, 6.45) is 9.41. The minimum absolute atomic E-state index is 0.237. The molecule has 5 heteroatoms. The second-order valence-electron chi connectivity index (χ2n) is 3.90. The third-order valence-electron chi connectivity index (χ3n) is 2.40. The highest BCUT2D eigenvalue weighted by Gasteiger charge is 2.05. The van der Waals surface area contributed by atoms with Gasteiger partial charge in [-0.3, -0.25) is 9.35 Å². The van der Waals surface area contributed by atoms with Gasteiger partial charge < -0.3 is 4.18 Å². The van der Waals surface area contributed by atoms with Gasteiger partial charge in [-0.1, -0.05) is 51.9 Å². The van der Waals surface area contributed by atoms with Gasteiger partial charge in [-0.25, -0.2) is 0 Å². The molecule has 16 heavy (non-hydrogen) atoms. The predicted molar refractivity (Wildman–Crippen MR) is 64.1 cm³/mol. The van der Waals surface area contributed by atoms with Gasteiger partial charge in [0.15, 0.2) is 0 Å². The molecule has 0 radical (unpaired) electrons. The van der Waals surface area contributed by atoms with Crippen LogP contribution in [-0.4, -0.2) is 14.7 Å². The van der Waals surface area contributed by atoms with Crippen LogP contribution in [0.5, 0.6) is 0 Å². The van der Waals surface area contributed by atoms with Crippen molar-refractivity contribution in [3.05, 3.63) is 0 Å². The number of hydrogen-bond donors (Lipinski definition) is 1. The predicted octanol–water partition coefficient (Wildman–Crippen LogP) is 3.20. The lowest BCUT2D eigenvalue weighted by Gasteiger charge is -2.01. The van der Waals surface area contributed by atoms with Crippen molar-refractivity contribution in [2.24, 2.45) is 0 Å². The van der Waals surface area contributed by atoms with E-state index in [1.165, 1.54) is 32.1 Å². The SMILES string of the molecule is CCCCCCCCCCC(=O)OS(=O)O. The van der Waals surface area contributed by atoms with Crippen LogP contribution in [-0.2, 0) is 20.3 Å². The number of carbonyl (C=O) groups is 1. The Morgan fingerprint density at radius 1 is 1.06 bits per heavy atom. The molecule has 0 spiro atoms. The molecular formula is C11H22O4S. The number of hydrogen-bond acceptors (Lipinski definition) is 3. The Morgan fingerprint density at radius 3 is 2.06 bits per heavy atom. The Bertz CT molecular complexity index is 206. The molecule has 96 valence electrons. The zero-order valence-electron chi connectivity index (χ0n) is 9.94. The van der Waals surface area contributed by atoms with E-state index in [0.717, 1.165) is 19.3 Å². The second-order valence-corrected chi connectivity index (χ2v) is 4.50. The third-order valence-corrected chi connectivity index (χ3v) is 2.73. The van der Waals surface area contributed by atoms with E-state index in [-0.39, 0.29) is 6.42 Å². The van der Waals surface area contributed by atoms with Crippen molar-refractivity contribution in [2.45, 2.75) is 64.7 Å². The smallest absolute Gasteiger partial charge is 0.343 e.